The number of carbonyl (C=O) groups excluding carboxylic acids is 1. The Kier molecular flexibility index (Phi) is 5.44. The molecule has 9 nitrogen and oxygen atoms in total. The fourth-order valence-electron chi connectivity index (χ4n) is 4.02. The SMILES string of the molecule is N#Cc1c(-c2ccccc2)nc2c(C(=O)Nc3nc4ccccc4s3)c(Nc3ccccc3)nn2c1N. The molecule has 0 aliphatic rings. The molecular weight excluding hydrogens is 484 g/mol. The highest BCUT2D eigenvalue weighted by Gasteiger charge is 2.26. The number of nitrogens with one attached hydrogen (secondary N) is 2. The Bertz CT molecular complexity index is 1790. The smallest absolute Gasteiger partial charge is 0.265 e. The van der Waals surface area contributed by atoms with E-state index in [1.807, 2.05) is 84.9 Å². The second-order valence-corrected chi connectivity index (χ2v) is 9.12. The molecule has 0 aliphatic heterocycles. The van der Waals surface area contributed by atoms with Crippen LogP contribution in [0.25, 0.3) is 27.1 Å². The molecule has 0 saturated carbocycles. The Labute approximate surface area is 214 Å². The second-order valence-electron chi connectivity index (χ2n) is 8.09. The number of nitrogens with zero attached hydrogens (tertiary/aromatic N) is 5. The van der Waals surface area contributed by atoms with Crippen LogP contribution in [0.2, 0.25) is 0 Å². The Morgan fingerprint density at radius 1 is 0.946 bits per heavy atom. The molecule has 0 bridgehead atoms. The molecule has 0 atom stereocenters. The summed E-state index contributed by atoms with van der Waals surface area (Å²) < 4.78 is 2.27. The van der Waals surface area contributed by atoms with Gasteiger partial charge in [0.05, 0.1) is 15.9 Å². The lowest BCUT2D eigenvalue weighted by Gasteiger charge is -2.09. The lowest BCUT2D eigenvalue weighted by Crippen LogP contribution is -2.14. The fourth-order valence-corrected chi connectivity index (χ4v) is 4.89. The lowest BCUT2D eigenvalue weighted by atomic mass is 10.1. The second kappa shape index (κ2) is 9.07. The summed E-state index contributed by atoms with van der Waals surface area (Å²) in [5, 5.41) is 21.0. The molecule has 3 heterocycles. The van der Waals surface area contributed by atoms with Gasteiger partial charge in [-0.05, 0) is 24.3 Å². The van der Waals surface area contributed by atoms with E-state index in [4.69, 9.17) is 10.7 Å². The van der Waals surface area contributed by atoms with Crippen molar-refractivity contribution in [2.24, 2.45) is 0 Å². The molecule has 37 heavy (non-hydrogen) atoms. The number of fused-ring (bicyclic) bond motifs is 2. The lowest BCUT2D eigenvalue weighted by molar-refractivity contribution is 0.102. The number of aromatic nitrogens is 4. The van der Waals surface area contributed by atoms with Crippen molar-refractivity contribution in [3.63, 3.8) is 0 Å². The van der Waals surface area contributed by atoms with Crippen molar-refractivity contribution in [1.82, 2.24) is 19.6 Å². The fraction of sp³-hybridized carbons (Fsp3) is 0. The molecular formula is C27H18N8OS. The van der Waals surface area contributed by atoms with E-state index in [1.165, 1.54) is 15.9 Å². The molecule has 10 heteroatoms. The first-order valence-electron chi connectivity index (χ1n) is 11.3. The van der Waals surface area contributed by atoms with Gasteiger partial charge in [-0.1, -0.05) is 72.0 Å². The number of rotatable bonds is 5. The number of amides is 1. The Balaban J connectivity index is 1.54. The third-order valence-electron chi connectivity index (χ3n) is 5.74. The number of nitriles is 1. The van der Waals surface area contributed by atoms with Crippen LogP contribution in [0, 0.1) is 11.3 Å². The zero-order chi connectivity index (χ0) is 25.4. The molecule has 0 aliphatic carbocycles. The Hall–Kier alpha value is -5.27. The van der Waals surface area contributed by atoms with Gasteiger partial charge in [-0.3, -0.25) is 10.1 Å². The van der Waals surface area contributed by atoms with Crippen LogP contribution in [0.5, 0.6) is 0 Å². The maximum Gasteiger partial charge on any atom is 0.265 e. The highest BCUT2D eigenvalue weighted by atomic mass is 32.1. The van der Waals surface area contributed by atoms with Crippen LogP contribution in [0.1, 0.15) is 15.9 Å². The van der Waals surface area contributed by atoms with Gasteiger partial charge >= 0.3 is 0 Å². The molecule has 0 unspecified atom stereocenters. The van der Waals surface area contributed by atoms with Crippen LogP contribution in [0.15, 0.2) is 84.9 Å². The minimum atomic E-state index is -0.455. The molecule has 4 N–H and O–H groups in total. The average molecular weight is 503 g/mol. The minimum absolute atomic E-state index is 0.0847. The summed E-state index contributed by atoms with van der Waals surface area (Å²) in [6.07, 6.45) is 0. The zero-order valence-corrected chi connectivity index (χ0v) is 20.0. The number of nitrogens with two attached hydrogens (primary N) is 1. The maximum absolute atomic E-state index is 13.7. The normalized spacial score (nSPS) is 10.9. The first kappa shape index (κ1) is 22.2. The molecule has 3 aromatic heterocycles. The Morgan fingerprint density at radius 2 is 1.65 bits per heavy atom. The third-order valence-corrected chi connectivity index (χ3v) is 6.69. The van der Waals surface area contributed by atoms with Crippen LogP contribution < -0.4 is 16.4 Å². The summed E-state index contributed by atoms with van der Waals surface area (Å²) in [5.41, 5.74) is 9.56. The van der Waals surface area contributed by atoms with Gasteiger partial charge in [-0.2, -0.15) is 9.78 Å². The molecule has 0 radical (unpaired) electrons. The van der Waals surface area contributed by atoms with Crippen LogP contribution in [-0.4, -0.2) is 25.5 Å². The quantitative estimate of drug-likeness (QED) is 0.285. The van der Waals surface area contributed by atoms with E-state index < -0.39 is 5.91 Å². The van der Waals surface area contributed by atoms with Gasteiger partial charge in [0.25, 0.3) is 5.91 Å². The number of benzene rings is 3. The van der Waals surface area contributed by atoms with Gasteiger partial charge in [0.1, 0.15) is 23.0 Å². The summed E-state index contributed by atoms with van der Waals surface area (Å²) >= 11 is 1.37. The summed E-state index contributed by atoms with van der Waals surface area (Å²) in [6, 6.07) is 28.3. The van der Waals surface area contributed by atoms with Gasteiger partial charge in [-0.15, -0.1) is 5.10 Å². The number of hydrogen-bond donors (Lipinski definition) is 3. The van der Waals surface area contributed by atoms with Crippen molar-refractivity contribution < 1.29 is 4.79 Å². The molecule has 0 fully saturated rings. The predicted octanol–water partition coefficient (Wildman–Crippen LogP) is 5.46. The van der Waals surface area contributed by atoms with Gasteiger partial charge in [-0.25, -0.2) is 9.97 Å². The molecule has 6 aromatic rings. The first-order chi connectivity index (χ1) is 18.1. The van der Waals surface area contributed by atoms with Crippen LogP contribution in [-0.2, 0) is 0 Å². The summed E-state index contributed by atoms with van der Waals surface area (Å²) in [7, 11) is 0. The monoisotopic (exact) mass is 502 g/mol. The van der Waals surface area contributed by atoms with Crippen molar-refractivity contribution in [3.8, 4) is 17.3 Å². The summed E-state index contributed by atoms with van der Waals surface area (Å²) in [4.78, 5) is 22.9. The maximum atomic E-state index is 13.7. The van der Waals surface area contributed by atoms with Crippen LogP contribution >= 0.6 is 11.3 Å². The summed E-state index contributed by atoms with van der Waals surface area (Å²) in [6.45, 7) is 0. The number of thiazole rings is 1. The van der Waals surface area contributed by atoms with Gasteiger partial charge in [0.2, 0.25) is 0 Å². The highest BCUT2D eigenvalue weighted by molar-refractivity contribution is 7.22. The van der Waals surface area contributed by atoms with Crippen molar-refractivity contribution in [3.05, 3.63) is 96.1 Å². The molecule has 1 amide bonds. The standard InChI is InChI=1S/C27H18N8OS/c28-15-18-22(16-9-3-1-4-10-16)32-25-21(26(36)33-27-31-19-13-7-8-14-20(19)37-27)24(34-35(25)23(18)29)30-17-11-5-2-6-12-17/h1-14H,29H2,(H,30,34)(H,31,33,36). The number of anilines is 4. The third kappa shape index (κ3) is 3.99. The average Bonchev–Trinajstić information content (AvgIpc) is 3.50. The van der Waals surface area contributed by atoms with Gasteiger partial charge in [0.15, 0.2) is 16.6 Å². The minimum Gasteiger partial charge on any atom is -0.382 e. The number of carbonyl (C=O) groups is 1. The number of hydrogen-bond acceptors (Lipinski definition) is 8. The highest BCUT2D eigenvalue weighted by Crippen LogP contribution is 2.32. The van der Waals surface area contributed by atoms with E-state index in [2.05, 4.69) is 26.8 Å². The molecule has 178 valence electrons. The van der Waals surface area contributed by atoms with Crippen molar-refractivity contribution in [1.29, 1.82) is 5.26 Å². The van der Waals surface area contributed by atoms with E-state index in [9.17, 15) is 10.1 Å². The van der Waals surface area contributed by atoms with Gasteiger partial charge < -0.3 is 11.1 Å². The number of nitrogen functional groups attached to an aromatic ring is 1. The van der Waals surface area contributed by atoms with E-state index in [0.29, 0.717) is 16.4 Å². The van der Waals surface area contributed by atoms with Gasteiger partial charge in [0, 0.05) is 11.3 Å². The molecule has 3 aromatic carbocycles. The largest absolute Gasteiger partial charge is 0.382 e. The van der Waals surface area contributed by atoms with Crippen molar-refractivity contribution in [2.45, 2.75) is 0 Å². The number of para-hydroxylation sites is 2. The van der Waals surface area contributed by atoms with Crippen molar-refractivity contribution in [2.75, 3.05) is 16.4 Å². The molecule has 0 spiro atoms. The van der Waals surface area contributed by atoms with E-state index in [-0.39, 0.29) is 28.4 Å². The summed E-state index contributed by atoms with van der Waals surface area (Å²) in [5.74, 6) is -0.122. The molecule has 0 saturated heterocycles. The topological polar surface area (TPSA) is 134 Å². The van der Waals surface area contributed by atoms with E-state index in [1.54, 1.807) is 0 Å². The van der Waals surface area contributed by atoms with E-state index in [0.717, 1.165) is 15.9 Å². The zero-order valence-electron chi connectivity index (χ0n) is 19.2. The van der Waals surface area contributed by atoms with E-state index >= 15 is 0 Å². The Morgan fingerprint density at radius 3 is 2.38 bits per heavy atom. The van der Waals surface area contributed by atoms with Crippen molar-refractivity contribution >= 4 is 55.6 Å². The van der Waals surface area contributed by atoms with Crippen LogP contribution in [0.3, 0.4) is 0 Å². The molecule has 6 rings (SSSR count). The van der Waals surface area contributed by atoms with Crippen LogP contribution in [0.4, 0.5) is 22.5 Å². The predicted molar refractivity (Wildman–Crippen MR) is 145 cm³/mol. The first-order valence-corrected chi connectivity index (χ1v) is 12.1.